The van der Waals surface area contributed by atoms with Crippen LogP contribution in [0, 0.1) is 13.8 Å². The van der Waals surface area contributed by atoms with Gasteiger partial charge in [-0.05, 0) is 31.0 Å². The molecule has 0 spiro atoms. The van der Waals surface area contributed by atoms with Crippen LogP contribution in [-0.2, 0) is 6.54 Å². The number of hydrogen-bond donors (Lipinski definition) is 1. The predicted molar refractivity (Wildman–Crippen MR) is 56.9 cm³/mol. The van der Waals surface area contributed by atoms with Crippen molar-refractivity contribution >= 4 is 10.9 Å². The lowest BCUT2D eigenvalue weighted by Gasteiger charge is -2.04. The summed E-state index contributed by atoms with van der Waals surface area (Å²) in [6.45, 7) is 4.55. The highest BCUT2D eigenvalue weighted by atomic mass is 15.1. The van der Waals surface area contributed by atoms with E-state index in [1.807, 2.05) is 13.0 Å². The first-order chi connectivity index (χ1) is 6.72. The molecule has 2 rings (SSSR count). The van der Waals surface area contributed by atoms with Gasteiger partial charge in [0.1, 0.15) is 0 Å². The second kappa shape index (κ2) is 3.35. The van der Waals surface area contributed by atoms with Crippen molar-refractivity contribution in [2.24, 2.45) is 5.73 Å². The summed E-state index contributed by atoms with van der Waals surface area (Å²) in [5.41, 5.74) is 9.71. The zero-order valence-corrected chi connectivity index (χ0v) is 8.41. The van der Waals surface area contributed by atoms with Gasteiger partial charge in [0.25, 0.3) is 0 Å². The first-order valence-electron chi connectivity index (χ1n) is 4.65. The third-order valence-corrected chi connectivity index (χ3v) is 2.44. The van der Waals surface area contributed by atoms with Crippen molar-refractivity contribution in [2.75, 3.05) is 0 Å². The molecular formula is C11H13N3. The van der Waals surface area contributed by atoms with E-state index in [1.54, 1.807) is 0 Å². The Hall–Kier alpha value is -1.48. The molecule has 14 heavy (non-hydrogen) atoms. The molecule has 0 saturated heterocycles. The standard InChI is InChI=1S/C11H13N3/c1-7-3-4-8(2)11-10(7)5-9(6-12)13-14-11/h3-5H,6,12H2,1-2H3. The Labute approximate surface area is 83.0 Å². The smallest absolute Gasteiger partial charge is 0.0961 e. The third kappa shape index (κ3) is 1.36. The van der Waals surface area contributed by atoms with Crippen LogP contribution in [0.4, 0.5) is 0 Å². The normalized spacial score (nSPS) is 10.8. The second-order valence-corrected chi connectivity index (χ2v) is 3.50. The van der Waals surface area contributed by atoms with Gasteiger partial charge in [-0.15, -0.1) is 5.10 Å². The second-order valence-electron chi connectivity index (χ2n) is 3.50. The van der Waals surface area contributed by atoms with Crippen molar-refractivity contribution < 1.29 is 0 Å². The van der Waals surface area contributed by atoms with E-state index in [2.05, 4.69) is 29.3 Å². The molecule has 3 nitrogen and oxygen atoms in total. The highest BCUT2D eigenvalue weighted by Gasteiger charge is 2.03. The van der Waals surface area contributed by atoms with Crippen LogP contribution in [0.5, 0.6) is 0 Å². The van der Waals surface area contributed by atoms with Crippen LogP contribution in [0.3, 0.4) is 0 Å². The molecule has 0 bridgehead atoms. The number of rotatable bonds is 1. The molecule has 0 amide bonds. The maximum Gasteiger partial charge on any atom is 0.0961 e. The van der Waals surface area contributed by atoms with Gasteiger partial charge in [-0.25, -0.2) is 0 Å². The summed E-state index contributed by atoms with van der Waals surface area (Å²) in [4.78, 5) is 0. The number of fused-ring (bicyclic) bond motifs is 1. The molecule has 0 atom stereocenters. The maximum absolute atomic E-state index is 5.53. The Bertz CT molecular complexity index is 477. The summed E-state index contributed by atoms with van der Waals surface area (Å²) in [5, 5.41) is 9.39. The molecule has 0 saturated carbocycles. The van der Waals surface area contributed by atoms with E-state index in [-0.39, 0.29) is 0 Å². The quantitative estimate of drug-likeness (QED) is 0.739. The molecule has 0 radical (unpaired) electrons. The van der Waals surface area contributed by atoms with Crippen molar-refractivity contribution in [1.82, 2.24) is 10.2 Å². The Morgan fingerprint density at radius 2 is 1.86 bits per heavy atom. The van der Waals surface area contributed by atoms with Crippen LogP contribution >= 0.6 is 0 Å². The first-order valence-corrected chi connectivity index (χ1v) is 4.65. The van der Waals surface area contributed by atoms with Crippen molar-refractivity contribution in [3.8, 4) is 0 Å². The molecule has 1 heterocycles. The molecule has 0 aliphatic carbocycles. The Morgan fingerprint density at radius 3 is 2.57 bits per heavy atom. The van der Waals surface area contributed by atoms with Gasteiger partial charge >= 0.3 is 0 Å². The molecule has 3 heteroatoms. The van der Waals surface area contributed by atoms with Gasteiger partial charge < -0.3 is 5.73 Å². The SMILES string of the molecule is Cc1ccc(C)c2nnc(CN)cc12. The molecule has 1 aromatic heterocycles. The fourth-order valence-corrected chi connectivity index (χ4v) is 1.54. The highest BCUT2D eigenvalue weighted by molar-refractivity contribution is 5.84. The highest BCUT2D eigenvalue weighted by Crippen LogP contribution is 2.19. The van der Waals surface area contributed by atoms with Crippen LogP contribution in [0.15, 0.2) is 18.2 Å². The van der Waals surface area contributed by atoms with Gasteiger partial charge in [0.05, 0.1) is 11.2 Å². The van der Waals surface area contributed by atoms with Crippen molar-refractivity contribution in [3.63, 3.8) is 0 Å². The zero-order valence-electron chi connectivity index (χ0n) is 8.41. The number of aryl methyl sites for hydroxylation is 2. The van der Waals surface area contributed by atoms with Gasteiger partial charge in [0.2, 0.25) is 0 Å². The van der Waals surface area contributed by atoms with E-state index in [4.69, 9.17) is 5.73 Å². The monoisotopic (exact) mass is 187 g/mol. The maximum atomic E-state index is 5.53. The fourth-order valence-electron chi connectivity index (χ4n) is 1.54. The molecular weight excluding hydrogens is 174 g/mol. The summed E-state index contributed by atoms with van der Waals surface area (Å²) < 4.78 is 0. The van der Waals surface area contributed by atoms with E-state index in [0.29, 0.717) is 6.54 Å². The number of hydrogen-bond acceptors (Lipinski definition) is 3. The van der Waals surface area contributed by atoms with Crippen molar-refractivity contribution in [2.45, 2.75) is 20.4 Å². The predicted octanol–water partition coefficient (Wildman–Crippen LogP) is 1.71. The van der Waals surface area contributed by atoms with E-state index >= 15 is 0 Å². The van der Waals surface area contributed by atoms with Crippen LogP contribution in [0.1, 0.15) is 16.8 Å². The van der Waals surface area contributed by atoms with E-state index in [0.717, 1.165) is 22.2 Å². The van der Waals surface area contributed by atoms with Crippen LogP contribution in [0.2, 0.25) is 0 Å². The number of aromatic nitrogens is 2. The molecule has 2 aromatic rings. The first kappa shape index (κ1) is 9.09. The van der Waals surface area contributed by atoms with Gasteiger partial charge in [0.15, 0.2) is 0 Å². The molecule has 0 fully saturated rings. The minimum Gasteiger partial charge on any atom is -0.325 e. The fraction of sp³-hybridized carbons (Fsp3) is 0.273. The average Bonchev–Trinajstić information content (AvgIpc) is 2.23. The van der Waals surface area contributed by atoms with Crippen LogP contribution in [0.25, 0.3) is 10.9 Å². The summed E-state index contributed by atoms with van der Waals surface area (Å²) >= 11 is 0. The molecule has 0 aliphatic heterocycles. The van der Waals surface area contributed by atoms with Crippen molar-refractivity contribution in [3.05, 3.63) is 35.0 Å². The van der Waals surface area contributed by atoms with E-state index in [1.165, 1.54) is 5.56 Å². The average molecular weight is 187 g/mol. The number of nitrogens with zero attached hydrogens (tertiary/aromatic N) is 2. The van der Waals surface area contributed by atoms with E-state index < -0.39 is 0 Å². The molecule has 0 unspecified atom stereocenters. The van der Waals surface area contributed by atoms with Gasteiger partial charge in [-0.1, -0.05) is 12.1 Å². The van der Waals surface area contributed by atoms with Gasteiger partial charge in [-0.3, -0.25) is 0 Å². The topological polar surface area (TPSA) is 51.8 Å². The molecule has 2 N–H and O–H groups in total. The summed E-state index contributed by atoms with van der Waals surface area (Å²) in [6, 6.07) is 6.18. The van der Waals surface area contributed by atoms with E-state index in [9.17, 15) is 0 Å². The Morgan fingerprint density at radius 1 is 1.14 bits per heavy atom. The lowest BCUT2D eigenvalue weighted by molar-refractivity contribution is 0.917. The minimum atomic E-state index is 0.441. The summed E-state index contributed by atoms with van der Waals surface area (Å²) in [7, 11) is 0. The largest absolute Gasteiger partial charge is 0.325 e. The lowest BCUT2D eigenvalue weighted by atomic mass is 10.1. The number of benzene rings is 1. The lowest BCUT2D eigenvalue weighted by Crippen LogP contribution is -2.02. The van der Waals surface area contributed by atoms with Gasteiger partial charge in [0, 0.05) is 11.9 Å². The van der Waals surface area contributed by atoms with Crippen LogP contribution in [-0.4, -0.2) is 10.2 Å². The van der Waals surface area contributed by atoms with Gasteiger partial charge in [-0.2, -0.15) is 5.10 Å². The Kier molecular flexibility index (Phi) is 2.17. The van der Waals surface area contributed by atoms with Crippen LogP contribution < -0.4 is 5.73 Å². The molecule has 72 valence electrons. The number of nitrogens with two attached hydrogens (primary N) is 1. The molecule has 1 aromatic carbocycles. The molecule has 0 aliphatic rings. The summed E-state index contributed by atoms with van der Waals surface area (Å²) in [6.07, 6.45) is 0. The minimum absolute atomic E-state index is 0.441. The Balaban J connectivity index is 2.80. The third-order valence-electron chi connectivity index (χ3n) is 2.44. The zero-order chi connectivity index (χ0) is 10.1. The summed E-state index contributed by atoms with van der Waals surface area (Å²) in [5.74, 6) is 0. The van der Waals surface area contributed by atoms with Crippen molar-refractivity contribution in [1.29, 1.82) is 0 Å².